The number of benzene rings is 1. The van der Waals surface area contributed by atoms with Gasteiger partial charge in [0.25, 0.3) is 5.91 Å². The first-order chi connectivity index (χ1) is 14.6. The van der Waals surface area contributed by atoms with Crippen LogP contribution >= 0.6 is 0 Å². The van der Waals surface area contributed by atoms with Crippen molar-refractivity contribution in [1.82, 2.24) is 16.0 Å². The van der Waals surface area contributed by atoms with E-state index in [0.717, 1.165) is 70.3 Å². The van der Waals surface area contributed by atoms with Gasteiger partial charge in [-0.1, -0.05) is 19.1 Å². The lowest BCUT2D eigenvalue weighted by atomic mass is 10.1. The van der Waals surface area contributed by atoms with Gasteiger partial charge in [-0.3, -0.25) is 4.79 Å². The number of carbonyl (C=O) groups excluding carboxylic acids is 1. The van der Waals surface area contributed by atoms with Gasteiger partial charge in [-0.05, 0) is 50.8 Å². The number of aliphatic imine (C=N–C) groups is 1. The number of hydrogen-bond acceptors (Lipinski definition) is 4. The average molecular weight is 419 g/mol. The lowest BCUT2D eigenvalue weighted by molar-refractivity contribution is 0.0888. The first-order valence-corrected chi connectivity index (χ1v) is 11.2. The zero-order valence-electron chi connectivity index (χ0n) is 18.7. The fourth-order valence-corrected chi connectivity index (χ4v) is 3.08. The summed E-state index contributed by atoms with van der Waals surface area (Å²) in [7, 11) is 0. The van der Waals surface area contributed by atoms with Crippen molar-refractivity contribution in [2.24, 2.45) is 10.9 Å². The molecular weight excluding hydrogens is 380 g/mol. The van der Waals surface area contributed by atoms with E-state index >= 15 is 0 Å². The Bertz CT molecular complexity index is 660. The van der Waals surface area contributed by atoms with Crippen molar-refractivity contribution in [2.75, 3.05) is 39.5 Å². The van der Waals surface area contributed by atoms with Crippen LogP contribution in [0.3, 0.4) is 0 Å². The SMILES string of the molecule is CCNC(=NCc1cccc(C(=O)NC(C)CC)c1)NCCCOCC1CCOC1. The maximum atomic E-state index is 12.3. The summed E-state index contributed by atoms with van der Waals surface area (Å²) in [6, 6.07) is 7.81. The Hall–Kier alpha value is -2.12. The van der Waals surface area contributed by atoms with Crippen molar-refractivity contribution in [3.05, 3.63) is 35.4 Å². The third kappa shape index (κ3) is 9.13. The molecule has 7 heteroatoms. The molecule has 0 aliphatic carbocycles. The van der Waals surface area contributed by atoms with Crippen molar-refractivity contribution in [1.29, 1.82) is 0 Å². The molecule has 1 aromatic carbocycles. The molecule has 2 rings (SSSR count). The first kappa shape index (κ1) is 24.2. The number of nitrogens with zero attached hydrogens (tertiary/aromatic N) is 1. The second kappa shape index (κ2) is 14.0. The van der Waals surface area contributed by atoms with Gasteiger partial charge in [0, 0.05) is 43.8 Å². The Kier molecular flexibility index (Phi) is 11.3. The lowest BCUT2D eigenvalue weighted by Crippen LogP contribution is -2.38. The van der Waals surface area contributed by atoms with Gasteiger partial charge in [0.15, 0.2) is 5.96 Å². The Labute approximate surface area is 181 Å². The standard InChI is InChI=1S/C23H38N4O3/c1-4-18(3)27-22(28)21-9-6-8-19(14-21)15-26-23(24-5-2)25-11-7-12-29-16-20-10-13-30-17-20/h6,8-9,14,18,20H,4-5,7,10-13,15-17H2,1-3H3,(H,27,28)(H2,24,25,26). The molecule has 0 saturated carbocycles. The fourth-order valence-electron chi connectivity index (χ4n) is 3.08. The predicted octanol–water partition coefficient (Wildman–Crippen LogP) is 2.71. The summed E-state index contributed by atoms with van der Waals surface area (Å²) >= 11 is 0. The number of amides is 1. The summed E-state index contributed by atoms with van der Waals surface area (Å²) in [6.07, 6.45) is 2.94. The Morgan fingerprint density at radius 3 is 2.93 bits per heavy atom. The second-order valence-electron chi connectivity index (χ2n) is 7.76. The number of nitrogens with one attached hydrogen (secondary N) is 3. The minimum absolute atomic E-state index is 0.0376. The van der Waals surface area contributed by atoms with Crippen LogP contribution in [0.1, 0.15) is 56.0 Å². The maximum Gasteiger partial charge on any atom is 0.251 e. The van der Waals surface area contributed by atoms with Gasteiger partial charge in [0.1, 0.15) is 0 Å². The molecule has 2 atom stereocenters. The molecule has 2 unspecified atom stereocenters. The van der Waals surface area contributed by atoms with Gasteiger partial charge >= 0.3 is 0 Å². The third-order valence-corrected chi connectivity index (χ3v) is 5.08. The lowest BCUT2D eigenvalue weighted by Gasteiger charge is -2.13. The van der Waals surface area contributed by atoms with E-state index in [2.05, 4.69) is 27.9 Å². The molecule has 30 heavy (non-hydrogen) atoms. The molecule has 1 aromatic rings. The van der Waals surface area contributed by atoms with Crippen LogP contribution in [0.4, 0.5) is 0 Å². The van der Waals surface area contributed by atoms with E-state index in [9.17, 15) is 4.79 Å². The molecule has 7 nitrogen and oxygen atoms in total. The van der Waals surface area contributed by atoms with Gasteiger partial charge in [0.05, 0.1) is 19.8 Å². The highest BCUT2D eigenvalue weighted by Gasteiger charge is 2.15. The molecule has 0 radical (unpaired) electrons. The number of guanidine groups is 1. The van der Waals surface area contributed by atoms with Gasteiger partial charge in [-0.25, -0.2) is 4.99 Å². The molecule has 3 N–H and O–H groups in total. The van der Waals surface area contributed by atoms with Crippen molar-refractivity contribution < 1.29 is 14.3 Å². The van der Waals surface area contributed by atoms with Gasteiger partial charge in [-0.2, -0.15) is 0 Å². The average Bonchev–Trinajstić information content (AvgIpc) is 3.28. The van der Waals surface area contributed by atoms with E-state index in [1.807, 2.05) is 38.1 Å². The van der Waals surface area contributed by atoms with Gasteiger partial charge in [0.2, 0.25) is 0 Å². The molecule has 0 bridgehead atoms. The highest BCUT2D eigenvalue weighted by molar-refractivity contribution is 5.94. The largest absolute Gasteiger partial charge is 0.381 e. The smallest absolute Gasteiger partial charge is 0.251 e. The maximum absolute atomic E-state index is 12.3. The van der Waals surface area contributed by atoms with Crippen LogP contribution in [0.15, 0.2) is 29.3 Å². The van der Waals surface area contributed by atoms with Crippen LogP contribution < -0.4 is 16.0 Å². The van der Waals surface area contributed by atoms with Crippen LogP contribution in [0, 0.1) is 5.92 Å². The van der Waals surface area contributed by atoms with Crippen molar-refractivity contribution in [2.45, 2.75) is 52.6 Å². The number of rotatable bonds is 12. The number of ether oxygens (including phenoxy) is 2. The van der Waals surface area contributed by atoms with Crippen molar-refractivity contribution in [3.63, 3.8) is 0 Å². The first-order valence-electron chi connectivity index (χ1n) is 11.2. The third-order valence-electron chi connectivity index (χ3n) is 5.08. The van der Waals surface area contributed by atoms with Crippen LogP contribution in [0.25, 0.3) is 0 Å². The zero-order chi connectivity index (χ0) is 21.6. The van der Waals surface area contributed by atoms with E-state index in [4.69, 9.17) is 9.47 Å². The summed E-state index contributed by atoms with van der Waals surface area (Å²) in [6.45, 7) is 11.4. The van der Waals surface area contributed by atoms with Gasteiger partial charge in [-0.15, -0.1) is 0 Å². The summed E-state index contributed by atoms with van der Waals surface area (Å²) in [5, 5.41) is 9.61. The molecule has 1 saturated heterocycles. The van der Waals surface area contributed by atoms with Gasteiger partial charge < -0.3 is 25.4 Å². The molecule has 1 heterocycles. The van der Waals surface area contributed by atoms with Crippen molar-refractivity contribution >= 4 is 11.9 Å². The number of carbonyl (C=O) groups is 1. The zero-order valence-corrected chi connectivity index (χ0v) is 18.7. The molecule has 0 spiro atoms. The predicted molar refractivity (Wildman–Crippen MR) is 121 cm³/mol. The van der Waals surface area contributed by atoms with E-state index in [0.29, 0.717) is 18.0 Å². The minimum atomic E-state index is -0.0376. The highest BCUT2D eigenvalue weighted by Crippen LogP contribution is 2.12. The van der Waals surface area contributed by atoms with Crippen molar-refractivity contribution in [3.8, 4) is 0 Å². The number of hydrogen-bond donors (Lipinski definition) is 3. The van der Waals surface area contributed by atoms with Crippen LogP contribution in [-0.2, 0) is 16.0 Å². The van der Waals surface area contributed by atoms with E-state index in [1.165, 1.54) is 0 Å². The van der Waals surface area contributed by atoms with Crippen LogP contribution in [0.2, 0.25) is 0 Å². The topological polar surface area (TPSA) is 84.0 Å². The van der Waals surface area contributed by atoms with E-state index in [-0.39, 0.29) is 11.9 Å². The Morgan fingerprint density at radius 2 is 2.20 bits per heavy atom. The normalized spacial score (nSPS) is 17.6. The summed E-state index contributed by atoms with van der Waals surface area (Å²) in [4.78, 5) is 17.0. The van der Waals surface area contributed by atoms with E-state index in [1.54, 1.807) is 0 Å². The quantitative estimate of drug-likeness (QED) is 0.276. The molecule has 1 fully saturated rings. The molecular formula is C23H38N4O3. The summed E-state index contributed by atoms with van der Waals surface area (Å²) in [5.41, 5.74) is 1.68. The summed E-state index contributed by atoms with van der Waals surface area (Å²) in [5.74, 6) is 1.29. The summed E-state index contributed by atoms with van der Waals surface area (Å²) < 4.78 is 11.1. The fraction of sp³-hybridized carbons (Fsp3) is 0.652. The highest BCUT2D eigenvalue weighted by atomic mass is 16.5. The van der Waals surface area contributed by atoms with Crippen LogP contribution in [-0.4, -0.2) is 57.4 Å². The molecule has 1 amide bonds. The molecule has 168 valence electrons. The molecule has 1 aliphatic heterocycles. The molecule has 0 aromatic heterocycles. The van der Waals surface area contributed by atoms with Crippen LogP contribution in [0.5, 0.6) is 0 Å². The Morgan fingerprint density at radius 1 is 1.33 bits per heavy atom. The van der Waals surface area contributed by atoms with E-state index < -0.39 is 0 Å². The second-order valence-corrected chi connectivity index (χ2v) is 7.76. The minimum Gasteiger partial charge on any atom is -0.381 e. The molecule has 1 aliphatic rings. The monoisotopic (exact) mass is 418 g/mol. The Balaban J connectivity index is 1.76.